The number of halogens is 1. The fraction of sp³-hybridized carbons (Fsp3) is 0.333. The molecule has 1 heterocycles. The Morgan fingerprint density at radius 1 is 0.946 bits per heavy atom. The highest BCUT2D eigenvalue weighted by Gasteiger charge is 2.40. The third-order valence-electron chi connectivity index (χ3n) is 6.49. The average Bonchev–Trinajstić information content (AvgIpc) is 2.84. The van der Waals surface area contributed by atoms with Crippen LogP contribution in [0.25, 0.3) is 6.08 Å². The molecule has 37 heavy (non-hydrogen) atoms. The highest BCUT2D eigenvalue weighted by atomic mass is 35.5. The van der Waals surface area contributed by atoms with Gasteiger partial charge in [-0.05, 0) is 49.2 Å². The number of hydrogen-bond acceptors (Lipinski definition) is 5. The zero-order valence-corrected chi connectivity index (χ0v) is 24.3. The Labute approximate surface area is 226 Å². The molecular weight excluding hydrogens is 502 g/mol. The number of rotatable bonds is 9. The van der Waals surface area contributed by atoms with Crippen LogP contribution < -0.4 is 0 Å². The summed E-state index contributed by atoms with van der Waals surface area (Å²) in [4.78, 5) is 28.9. The molecule has 1 aliphatic rings. The van der Waals surface area contributed by atoms with Crippen LogP contribution in [0, 0.1) is 0 Å². The second kappa shape index (κ2) is 12.4. The normalized spacial score (nSPS) is 16.4. The lowest BCUT2D eigenvalue weighted by Gasteiger charge is -2.36. The molecule has 0 aliphatic carbocycles. The molecule has 2 aromatic rings. The van der Waals surface area contributed by atoms with E-state index < -0.39 is 25.9 Å². The monoisotopic (exact) mass is 537 g/mol. The van der Waals surface area contributed by atoms with Gasteiger partial charge < -0.3 is 14.4 Å². The van der Waals surface area contributed by atoms with Crippen LogP contribution in [0.15, 0.2) is 83.2 Å². The first-order chi connectivity index (χ1) is 17.5. The SMILES string of the molecule is CC1=C(C(=O)OCC=Cc2ccccc2)C(c2cccc(Cl)c2)C(C(=O)OCC[Si](C)(C)C)=C(C)N1C. The summed E-state index contributed by atoms with van der Waals surface area (Å²) in [5.74, 6) is -1.55. The molecule has 0 spiro atoms. The van der Waals surface area contributed by atoms with Crippen molar-refractivity contribution < 1.29 is 19.1 Å². The maximum Gasteiger partial charge on any atom is 0.337 e. The Morgan fingerprint density at radius 3 is 2.16 bits per heavy atom. The van der Waals surface area contributed by atoms with E-state index in [4.69, 9.17) is 21.1 Å². The van der Waals surface area contributed by atoms with Crippen molar-refractivity contribution >= 4 is 37.7 Å². The summed E-state index contributed by atoms with van der Waals surface area (Å²) in [7, 11) is 0.455. The number of carbonyl (C=O) groups is 2. The van der Waals surface area contributed by atoms with Crippen LogP contribution in [0.5, 0.6) is 0 Å². The van der Waals surface area contributed by atoms with Gasteiger partial charge in [-0.15, -0.1) is 0 Å². The predicted octanol–water partition coefficient (Wildman–Crippen LogP) is 7.06. The van der Waals surface area contributed by atoms with Gasteiger partial charge in [0.25, 0.3) is 0 Å². The molecule has 196 valence electrons. The largest absolute Gasteiger partial charge is 0.463 e. The Morgan fingerprint density at radius 2 is 1.57 bits per heavy atom. The van der Waals surface area contributed by atoms with Crippen molar-refractivity contribution in [3.8, 4) is 0 Å². The van der Waals surface area contributed by atoms with E-state index in [9.17, 15) is 9.59 Å². The van der Waals surface area contributed by atoms with Gasteiger partial charge in [-0.1, -0.05) is 79.8 Å². The maximum atomic E-state index is 13.5. The molecule has 0 N–H and O–H groups in total. The molecule has 0 bridgehead atoms. The van der Waals surface area contributed by atoms with Crippen LogP contribution in [0.1, 0.15) is 30.9 Å². The predicted molar refractivity (Wildman–Crippen MR) is 153 cm³/mol. The quantitative estimate of drug-likeness (QED) is 0.253. The molecule has 0 saturated heterocycles. The molecule has 0 amide bonds. The second-order valence-electron chi connectivity index (χ2n) is 10.4. The highest BCUT2D eigenvalue weighted by molar-refractivity contribution is 6.76. The first-order valence-corrected chi connectivity index (χ1v) is 16.5. The Kier molecular flexibility index (Phi) is 9.57. The Balaban J connectivity index is 1.93. The third-order valence-corrected chi connectivity index (χ3v) is 8.43. The van der Waals surface area contributed by atoms with E-state index in [1.54, 1.807) is 18.2 Å². The van der Waals surface area contributed by atoms with Crippen molar-refractivity contribution in [1.82, 2.24) is 4.90 Å². The van der Waals surface area contributed by atoms with Gasteiger partial charge in [0.15, 0.2) is 0 Å². The molecule has 7 heteroatoms. The molecule has 2 aromatic carbocycles. The number of nitrogens with zero attached hydrogens (tertiary/aromatic N) is 1. The Bertz CT molecular complexity index is 1230. The summed E-state index contributed by atoms with van der Waals surface area (Å²) in [6.07, 6.45) is 3.71. The van der Waals surface area contributed by atoms with Crippen molar-refractivity contribution in [2.75, 3.05) is 20.3 Å². The first-order valence-electron chi connectivity index (χ1n) is 12.5. The lowest BCUT2D eigenvalue weighted by atomic mass is 9.80. The zero-order valence-electron chi connectivity index (χ0n) is 22.5. The summed E-state index contributed by atoms with van der Waals surface area (Å²) < 4.78 is 11.4. The van der Waals surface area contributed by atoms with E-state index in [-0.39, 0.29) is 6.61 Å². The smallest absolute Gasteiger partial charge is 0.337 e. The number of benzene rings is 2. The minimum absolute atomic E-state index is 0.106. The molecule has 1 unspecified atom stereocenters. The summed E-state index contributed by atoms with van der Waals surface area (Å²) in [5.41, 5.74) is 4.05. The lowest BCUT2D eigenvalue weighted by molar-refractivity contribution is -0.139. The van der Waals surface area contributed by atoms with Crippen LogP contribution in [-0.4, -0.2) is 45.2 Å². The van der Waals surface area contributed by atoms with Gasteiger partial charge in [0.2, 0.25) is 0 Å². The lowest BCUT2D eigenvalue weighted by Crippen LogP contribution is -2.34. The van der Waals surface area contributed by atoms with Crippen LogP contribution in [0.2, 0.25) is 30.7 Å². The first kappa shape index (κ1) is 28.5. The minimum Gasteiger partial charge on any atom is -0.463 e. The standard InChI is InChI=1S/C30H36ClNO4Si/c1-21-26(29(33)35-17-11-14-23-12-8-7-9-13-23)28(24-15-10-16-25(31)20-24)27(22(2)32(21)3)30(34)36-18-19-37(4,5)6/h7-16,20,28H,17-19H2,1-6H3. The molecule has 0 aromatic heterocycles. The molecule has 0 saturated carbocycles. The number of hydrogen-bond donors (Lipinski definition) is 0. The van der Waals surface area contributed by atoms with Crippen LogP contribution >= 0.6 is 11.6 Å². The summed E-state index contributed by atoms with van der Waals surface area (Å²) >= 11 is 6.34. The van der Waals surface area contributed by atoms with Gasteiger partial charge >= 0.3 is 11.9 Å². The van der Waals surface area contributed by atoms with Gasteiger partial charge in [0.1, 0.15) is 6.61 Å². The second-order valence-corrected chi connectivity index (χ2v) is 16.5. The molecule has 0 radical (unpaired) electrons. The number of ether oxygens (including phenoxy) is 2. The maximum absolute atomic E-state index is 13.5. The molecular formula is C30H36ClNO4Si. The summed E-state index contributed by atoms with van der Waals surface area (Å²) in [6.45, 7) is 10.9. The van der Waals surface area contributed by atoms with E-state index >= 15 is 0 Å². The topological polar surface area (TPSA) is 55.8 Å². The van der Waals surface area contributed by atoms with Crippen LogP contribution in [-0.2, 0) is 19.1 Å². The Hall–Kier alpha value is -3.09. The van der Waals surface area contributed by atoms with E-state index in [0.29, 0.717) is 22.8 Å². The molecule has 1 atom stereocenters. The molecule has 1 aliphatic heterocycles. The number of carbonyl (C=O) groups excluding carboxylic acids is 2. The highest BCUT2D eigenvalue weighted by Crippen LogP contribution is 2.42. The van der Waals surface area contributed by atoms with Gasteiger partial charge in [-0.25, -0.2) is 9.59 Å². The average molecular weight is 538 g/mol. The molecule has 3 rings (SSSR count). The van der Waals surface area contributed by atoms with Crippen LogP contribution in [0.3, 0.4) is 0 Å². The van der Waals surface area contributed by atoms with Crippen molar-refractivity contribution in [2.24, 2.45) is 0 Å². The van der Waals surface area contributed by atoms with Gasteiger partial charge in [-0.2, -0.15) is 0 Å². The summed E-state index contributed by atoms with van der Waals surface area (Å²) in [5, 5.41) is 0.525. The van der Waals surface area contributed by atoms with Crippen LogP contribution in [0.4, 0.5) is 0 Å². The van der Waals surface area contributed by atoms with Crippen molar-refractivity contribution in [3.05, 3.63) is 99.4 Å². The fourth-order valence-corrected chi connectivity index (χ4v) is 5.12. The van der Waals surface area contributed by atoms with Crippen molar-refractivity contribution in [1.29, 1.82) is 0 Å². The van der Waals surface area contributed by atoms with Gasteiger partial charge in [-0.3, -0.25) is 0 Å². The van der Waals surface area contributed by atoms with Gasteiger partial charge in [0.05, 0.1) is 23.7 Å². The molecule has 5 nitrogen and oxygen atoms in total. The molecule has 0 fully saturated rings. The van der Waals surface area contributed by atoms with E-state index in [0.717, 1.165) is 28.6 Å². The van der Waals surface area contributed by atoms with Crippen molar-refractivity contribution in [2.45, 2.75) is 45.5 Å². The van der Waals surface area contributed by atoms with E-state index in [1.807, 2.05) is 74.3 Å². The zero-order chi connectivity index (χ0) is 27.2. The third kappa shape index (κ3) is 7.46. The minimum atomic E-state index is -1.39. The number of allylic oxidation sites excluding steroid dienone is 2. The van der Waals surface area contributed by atoms with E-state index in [1.165, 1.54) is 0 Å². The number of esters is 2. The fourth-order valence-electron chi connectivity index (χ4n) is 4.20. The van der Waals surface area contributed by atoms with Gasteiger partial charge in [0, 0.05) is 31.5 Å². The van der Waals surface area contributed by atoms with E-state index in [2.05, 4.69) is 19.6 Å². The van der Waals surface area contributed by atoms with Crippen molar-refractivity contribution in [3.63, 3.8) is 0 Å². The summed E-state index contributed by atoms with van der Waals surface area (Å²) in [6, 6.07) is 17.9.